The number of hydrogen-bond donors (Lipinski definition) is 1. The minimum absolute atomic E-state index is 0.243. The first-order chi connectivity index (χ1) is 13.5. The Balaban J connectivity index is 1.80. The number of aliphatic imine (C=N–C) groups is 1. The number of esters is 1. The molecule has 1 amide bonds. The number of amides is 1. The van der Waals surface area contributed by atoms with E-state index in [-0.39, 0.29) is 5.91 Å². The average molecular weight is 398 g/mol. The fourth-order valence-electron chi connectivity index (χ4n) is 2.47. The van der Waals surface area contributed by atoms with Gasteiger partial charge in [-0.25, -0.2) is 9.79 Å². The van der Waals surface area contributed by atoms with Gasteiger partial charge in [0.1, 0.15) is 11.5 Å². The van der Waals surface area contributed by atoms with Crippen LogP contribution >= 0.6 is 11.8 Å². The van der Waals surface area contributed by atoms with E-state index in [1.807, 2.05) is 6.07 Å². The van der Waals surface area contributed by atoms with Crippen molar-refractivity contribution in [3.8, 4) is 11.5 Å². The highest BCUT2D eigenvalue weighted by Crippen LogP contribution is 2.32. The first-order valence-corrected chi connectivity index (χ1v) is 9.05. The largest absolute Gasteiger partial charge is 0.497 e. The Morgan fingerprint density at radius 2 is 1.82 bits per heavy atom. The first kappa shape index (κ1) is 19.5. The Labute approximate surface area is 166 Å². The van der Waals surface area contributed by atoms with Crippen molar-refractivity contribution in [2.24, 2.45) is 4.99 Å². The van der Waals surface area contributed by atoms with Crippen LogP contribution < -0.4 is 14.8 Å². The van der Waals surface area contributed by atoms with Gasteiger partial charge in [-0.3, -0.25) is 4.79 Å². The van der Waals surface area contributed by atoms with E-state index >= 15 is 0 Å². The number of amidine groups is 1. The number of nitrogens with one attached hydrogen (secondary N) is 1. The number of hydrogen-bond acceptors (Lipinski definition) is 7. The molecule has 3 rings (SSSR count). The summed E-state index contributed by atoms with van der Waals surface area (Å²) >= 11 is 1.22. The lowest BCUT2D eigenvalue weighted by Gasteiger charge is -2.07. The van der Waals surface area contributed by atoms with Crippen LogP contribution in [0.3, 0.4) is 0 Å². The molecule has 1 heterocycles. The van der Waals surface area contributed by atoms with Crippen LogP contribution in [0, 0.1) is 0 Å². The molecule has 8 heteroatoms. The summed E-state index contributed by atoms with van der Waals surface area (Å²) in [6, 6.07) is 12.0. The van der Waals surface area contributed by atoms with Crippen molar-refractivity contribution in [2.45, 2.75) is 0 Å². The topological polar surface area (TPSA) is 86.2 Å². The lowest BCUT2D eigenvalue weighted by molar-refractivity contribution is -0.115. The highest BCUT2D eigenvalue weighted by molar-refractivity contribution is 8.18. The number of ether oxygens (including phenoxy) is 3. The predicted molar refractivity (Wildman–Crippen MR) is 108 cm³/mol. The van der Waals surface area contributed by atoms with E-state index in [1.54, 1.807) is 56.7 Å². The van der Waals surface area contributed by atoms with Crippen molar-refractivity contribution in [3.63, 3.8) is 0 Å². The Kier molecular flexibility index (Phi) is 6.00. The maximum Gasteiger partial charge on any atom is 0.337 e. The van der Waals surface area contributed by atoms with E-state index in [4.69, 9.17) is 9.47 Å². The molecule has 0 aromatic heterocycles. The summed E-state index contributed by atoms with van der Waals surface area (Å²) in [5.74, 6) is 0.610. The number of nitrogens with zero attached hydrogens (tertiary/aromatic N) is 1. The summed E-state index contributed by atoms with van der Waals surface area (Å²) in [7, 11) is 4.46. The van der Waals surface area contributed by atoms with Crippen molar-refractivity contribution in [2.75, 3.05) is 21.3 Å². The van der Waals surface area contributed by atoms with Gasteiger partial charge < -0.3 is 19.5 Å². The van der Waals surface area contributed by atoms with E-state index in [9.17, 15) is 9.59 Å². The summed E-state index contributed by atoms with van der Waals surface area (Å²) in [5, 5.41) is 3.18. The SMILES string of the molecule is COC(=O)c1ccc(N=C2NC(=O)/C(=C/c3ccc(OC)cc3OC)S2)cc1. The standard InChI is InChI=1S/C20H18N2O5S/c1-25-15-9-6-13(16(11-15)26-2)10-17-18(23)22-20(28-17)21-14-7-4-12(5-8-14)19(24)27-3/h4-11H,1-3H3,(H,21,22,23)/b17-10-. The van der Waals surface area contributed by atoms with E-state index in [0.717, 1.165) is 5.56 Å². The number of carbonyl (C=O) groups excluding carboxylic acids is 2. The van der Waals surface area contributed by atoms with E-state index in [1.165, 1.54) is 18.9 Å². The summed E-state index contributed by atoms with van der Waals surface area (Å²) in [4.78, 5) is 28.6. The zero-order valence-electron chi connectivity index (χ0n) is 15.5. The zero-order valence-corrected chi connectivity index (χ0v) is 16.3. The highest BCUT2D eigenvalue weighted by atomic mass is 32.2. The molecule has 0 bridgehead atoms. The predicted octanol–water partition coefficient (Wildman–Crippen LogP) is 3.38. The molecule has 1 saturated heterocycles. The average Bonchev–Trinajstić information content (AvgIpc) is 3.06. The van der Waals surface area contributed by atoms with Gasteiger partial charge in [-0.2, -0.15) is 0 Å². The number of methoxy groups -OCH3 is 3. The Morgan fingerprint density at radius 3 is 2.46 bits per heavy atom. The summed E-state index contributed by atoms with van der Waals surface area (Å²) in [6.45, 7) is 0. The first-order valence-electron chi connectivity index (χ1n) is 8.24. The van der Waals surface area contributed by atoms with Gasteiger partial charge in [0, 0.05) is 11.6 Å². The second-order valence-electron chi connectivity index (χ2n) is 5.63. The molecular formula is C20H18N2O5S. The second-order valence-corrected chi connectivity index (χ2v) is 6.66. The van der Waals surface area contributed by atoms with E-state index in [0.29, 0.717) is 32.8 Å². The summed E-state index contributed by atoms with van der Waals surface area (Å²) < 4.78 is 15.2. The molecule has 0 atom stereocenters. The normalized spacial score (nSPS) is 16.2. The molecule has 1 aliphatic heterocycles. The fraction of sp³-hybridized carbons (Fsp3) is 0.150. The number of thioether (sulfide) groups is 1. The monoisotopic (exact) mass is 398 g/mol. The molecule has 2 aromatic rings. The minimum Gasteiger partial charge on any atom is -0.497 e. The lowest BCUT2D eigenvalue weighted by atomic mass is 10.1. The smallest absolute Gasteiger partial charge is 0.337 e. The van der Waals surface area contributed by atoms with Crippen LogP contribution in [0.5, 0.6) is 11.5 Å². The van der Waals surface area contributed by atoms with Crippen LogP contribution in [0.2, 0.25) is 0 Å². The summed E-state index contributed by atoms with van der Waals surface area (Å²) in [5.41, 5.74) is 1.80. The number of rotatable bonds is 5. The summed E-state index contributed by atoms with van der Waals surface area (Å²) in [6.07, 6.45) is 1.74. The van der Waals surface area contributed by atoms with Crippen LogP contribution in [0.15, 0.2) is 52.4 Å². The van der Waals surface area contributed by atoms with Gasteiger partial charge >= 0.3 is 5.97 Å². The highest BCUT2D eigenvalue weighted by Gasteiger charge is 2.24. The van der Waals surface area contributed by atoms with E-state index < -0.39 is 5.97 Å². The maximum absolute atomic E-state index is 12.3. The van der Waals surface area contributed by atoms with Crippen molar-refractivity contribution >= 4 is 40.6 Å². The van der Waals surface area contributed by atoms with Crippen molar-refractivity contribution < 1.29 is 23.8 Å². The van der Waals surface area contributed by atoms with E-state index in [2.05, 4.69) is 15.0 Å². The van der Waals surface area contributed by atoms with Crippen LogP contribution in [0.4, 0.5) is 5.69 Å². The number of carbonyl (C=O) groups is 2. The molecular weight excluding hydrogens is 380 g/mol. The van der Waals surface area contributed by atoms with Crippen molar-refractivity contribution in [1.29, 1.82) is 0 Å². The van der Waals surface area contributed by atoms with Gasteiger partial charge in [0.15, 0.2) is 5.17 Å². The third kappa shape index (κ3) is 4.34. The molecule has 0 radical (unpaired) electrons. The molecule has 0 saturated carbocycles. The maximum atomic E-state index is 12.3. The van der Waals surface area contributed by atoms with Gasteiger partial charge in [-0.05, 0) is 54.2 Å². The third-order valence-corrected chi connectivity index (χ3v) is 4.81. The quantitative estimate of drug-likeness (QED) is 0.614. The van der Waals surface area contributed by atoms with Gasteiger partial charge in [-0.15, -0.1) is 0 Å². The second kappa shape index (κ2) is 8.62. The molecule has 0 aliphatic carbocycles. The molecule has 1 fully saturated rings. The number of benzene rings is 2. The van der Waals surface area contributed by atoms with Gasteiger partial charge in [0.25, 0.3) is 5.91 Å². The molecule has 144 valence electrons. The Bertz CT molecular complexity index is 967. The van der Waals surface area contributed by atoms with Gasteiger partial charge in [0.2, 0.25) is 0 Å². The molecule has 2 aromatic carbocycles. The van der Waals surface area contributed by atoms with Crippen LogP contribution in [-0.4, -0.2) is 38.4 Å². The molecule has 1 aliphatic rings. The molecule has 1 N–H and O–H groups in total. The molecule has 28 heavy (non-hydrogen) atoms. The molecule has 7 nitrogen and oxygen atoms in total. The van der Waals surface area contributed by atoms with Gasteiger partial charge in [-0.1, -0.05) is 0 Å². The Morgan fingerprint density at radius 1 is 1.07 bits per heavy atom. The van der Waals surface area contributed by atoms with Crippen LogP contribution in [0.1, 0.15) is 15.9 Å². The lowest BCUT2D eigenvalue weighted by Crippen LogP contribution is -2.19. The van der Waals surface area contributed by atoms with Crippen LogP contribution in [-0.2, 0) is 9.53 Å². The fourth-order valence-corrected chi connectivity index (χ4v) is 3.30. The van der Waals surface area contributed by atoms with Crippen molar-refractivity contribution in [3.05, 3.63) is 58.5 Å². The molecule has 0 spiro atoms. The minimum atomic E-state index is -0.415. The van der Waals surface area contributed by atoms with Gasteiger partial charge in [0.05, 0.1) is 37.5 Å². The molecule has 0 unspecified atom stereocenters. The third-order valence-electron chi connectivity index (χ3n) is 3.90. The zero-order chi connectivity index (χ0) is 20.1. The Hall–Kier alpha value is -3.26. The van der Waals surface area contributed by atoms with Crippen LogP contribution in [0.25, 0.3) is 6.08 Å². The van der Waals surface area contributed by atoms with Crippen molar-refractivity contribution in [1.82, 2.24) is 5.32 Å².